The van der Waals surface area contributed by atoms with Gasteiger partial charge in [0.15, 0.2) is 5.96 Å². The number of hydrogen-bond acceptors (Lipinski definition) is 3. The minimum atomic E-state index is -0.205. The zero-order valence-corrected chi connectivity index (χ0v) is 20.8. The lowest BCUT2D eigenvalue weighted by Crippen LogP contribution is -2.41. The number of benzene rings is 1. The van der Waals surface area contributed by atoms with Crippen molar-refractivity contribution >= 4 is 59.0 Å². The van der Waals surface area contributed by atoms with Crippen molar-refractivity contribution in [1.82, 2.24) is 25.7 Å². The average Bonchev–Trinajstić information content (AvgIpc) is 2.90. The highest BCUT2D eigenvalue weighted by Gasteiger charge is 2.10. The Hall–Kier alpha value is -1.52. The molecule has 2 rings (SSSR count). The van der Waals surface area contributed by atoms with Gasteiger partial charge in [-0.05, 0) is 39.0 Å². The van der Waals surface area contributed by atoms with E-state index in [4.69, 9.17) is 23.2 Å². The molecule has 0 saturated carbocycles. The first kappa shape index (κ1) is 25.5. The van der Waals surface area contributed by atoms with E-state index in [2.05, 4.69) is 26.0 Å². The van der Waals surface area contributed by atoms with Gasteiger partial charge in [-0.2, -0.15) is 5.10 Å². The second-order valence-corrected chi connectivity index (χ2v) is 7.09. The zero-order chi connectivity index (χ0) is 20.7. The maximum Gasteiger partial charge on any atom is 0.251 e. The van der Waals surface area contributed by atoms with Gasteiger partial charge in [-0.15, -0.1) is 24.0 Å². The summed E-state index contributed by atoms with van der Waals surface area (Å²) < 4.78 is 1.86. The van der Waals surface area contributed by atoms with E-state index in [1.165, 1.54) is 0 Å². The van der Waals surface area contributed by atoms with E-state index in [0.717, 1.165) is 23.5 Å². The summed E-state index contributed by atoms with van der Waals surface area (Å²) in [6.07, 6.45) is 0. The molecule has 1 aromatic carbocycles. The van der Waals surface area contributed by atoms with Gasteiger partial charge in [0.25, 0.3) is 5.91 Å². The fourth-order valence-electron chi connectivity index (χ4n) is 2.64. The second kappa shape index (κ2) is 12.2. The molecule has 0 atom stereocenters. The lowest BCUT2D eigenvalue weighted by atomic mass is 10.2. The van der Waals surface area contributed by atoms with Crippen molar-refractivity contribution in [2.45, 2.75) is 27.3 Å². The van der Waals surface area contributed by atoms with Crippen LogP contribution in [0, 0.1) is 13.8 Å². The van der Waals surface area contributed by atoms with Gasteiger partial charge < -0.3 is 16.0 Å². The molecule has 7 nitrogen and oxygen atoms in total. The molecule has 1 aromatic heterocycles. The molecule has 0 saturated heterocycles. The molecular weight excluding hydrogens is 526 g/mol. The minimum Gasteiger partial charge on any atom is -0.357 e. The van der Waals surface area contributed by atoms with Crippen molar-refractivity contribution in [3.8, 4) is 0 Å². The molecule has 2 aromatic rings. The van der Waals surface area contributed by atoms with Crippen molar-refractivity contribution in [1.29, 1.82) is 0 Å². The number of nitrogens with one attached hydrogen (secondary N) is 3. The highest BCUT2D eigenvalue weighted by atomic mass is 127. The van der Waals surface area contributed by atoms with Gasteiger partial charge in [0.05, 0.1) is 22.3 Å². The number of amides is 1. The van der Waals surface area contributed by atoms with Crippen molar-refractivity contribution in [2.24, 2.45) is 12.0 Å². The number of halogens is 3. The van der Waals surface area contributed by atoms with Gasteiger partial charge in [0.2, 0.25) is 0 Å². The van der Waals surface area contributed by atoms with Gasteiger partial charge in [0.1, 0.15) is 0 Å². The van der Waals surface area contributed by atoms with E-state index in [0.29, 0.717) is 41.2 Å². The Balaban J connectivity index is 0.00000420. The van der Waals surface area contributed by atoms with Crippen LogP contribution in [-0.2, 0) is 13.6 Å². The summed E-state index contributed by atoms with van der Waals surface area (Å²) in [5, 5.41) is 14.4. The Kier molecular flexibility index (Phi) is 10.8. The van der Waals surface area contributed by atoms with Crippen LogP contribution in [0.1, 0.15) is 34.2 Å². The number of rotatable bonds is 7. The number of hydrogen-bond donors (Lipinski definition) is 3. The molecule has 1 amide bonds. The van der Waals surface area contributed by atoms with E-state index in [-0.39, 0.29) is 29.9 Å². The third kappa shape index (κ3) is 7.35. The van der Waals surface area contributed by atoms with Crippen molar-refractivity contribution in [2.75, 3.05) is 19.6 Å². The fourth-order valence-corrected chi connectivity index (χ4v) is 2.94. The molecular formula is C19H27Cl2IN6O. The molecule has 160 valence electrons. The van der Waals surface area contributed by atoms with Crippen LogP contribution in [0.3, 0.4) is 0 Å². The number of aromatic nitrogens is 2. The third-order valence-electron chi connectivity index (χ3n) is 4.28. The topological polar surface area (TPSA) is 83.3 Å². The van der Waals surface area contributed by atoms with E-state index < -0.39 is 0 Å². The monoisotopic (exact) mass is 552 g/mol. The van der Waals surface area contributed by atoms with Crippen molar-refractivity contribution in [3.63, 3.8) is 0 Å². The smallest absolute Gasteiger partial charge is 0.251 e. The molecule has 0 fully saturated rings. The molecule has 0 radical (unpaired) electrons. The predicted octanol–water partition coefficient (Wildman–Crippen LogP) is 3.45. The van der Waals surface area contributed by atoms with Gasteiger partial charge in [-0.25, -0.2) is 4.99 Å². The van der Waals surface area contributed by atoms with E-state index in [1.54, 1.807) is 18.2 Å². The van der Waals surface area contributed by atoms with Crippen LogP contribution >= 0.6 is 47.2 Å². The Morgan fingerprint density at radius 1 is 1.14 bits per heavy atom. The molecule has 3 N–H and O–H groups in total. The van der Waals surface area contributed by atoms with Gasteiger partial charge in [0, 0.05) is 43.5 Å². The van der Waals surface area contributed by atoms with E-state index in [9.17, 15) is 4.79 Å². The molecule has 0 aliphatic heterocycles. The highest BCUT2D eigenvalue weighted by Crippen LogP contribution is 2.22. The van der Waals surface area contributed by atoms with Gasteiger partial charge >= 0.3 is 0 Å². The Bertz CT molecular complexity index is 869. The maximum atomic E-state index is 12.2. The molecule has 0 unspecified atom stereocenters. The Morgan fingerprint density at radius 3 is 2.41 bits per heavy atom. The first-order valence-corrected chi connectivity index (χ1v) is 9.83. The number of carbonyl (C=O) groups excluding carboxylic acids is 1. The summed E-state index contributed by atoms with van der Waals surface area (Å²) in [5.74, 6) is 0.484. The summed E-state index contributed by atoms with van der Waals surface area (Å²) in [4.78, 5) is 16.8. The standard InChI is InChI=1S/C19H26Cl2N6O.HI/c1-5-22-19(25-11-15-12(2)26-27(4)13(15)3)24-9-8-23-18(28)14-6-7-16(20)17(21)10-14;/h6-7,10H,5,8-9,11H2,1-4H3,(H,23,28)(H2,22,24,25);1H. The quantitative estimate of drug-likeness (QED) is 0.213. The fraction of sp³-hybridized carbons (Fsp3) is 0.421. The van der Waals surface area contributed by atoms with Crippen LogP contribution in [-0.4, -0.2) is 41.3 Å². The largest absolute Gasteiger partial charge is 0.357 e. The lowest BCUT2D eigenvalue weighted by molar-refractivity contribution is 0.0954. The van der Waals surface area contributed by atoms with Crippen LogP contribution in [0.15, 0.2) is 23.2 Å². The lowest BCUT2D eigenvalue weighted by Gasteiger charge is -2.12. The normalized spacial score (nSPS) is 11.0. The van der Waals surface area contributed by atoms with Crippen LogP contribution < -0.4 is 16.0 Å². The van der Waals surface area contributed by atoms with E-state index >= 15 is 0 Å². The molecule has 0 aliphatic carbocycles. The number of nitrogens with zero attached hydrogens (tertiary/aromatic N) is 3. The second-order valence-electron chi connectivity index (χ2n) is 6.28. The molecule has 10 heteroatoms. The summed E-state index contributed by atoms with van der Waals surface area (Å²) in [7, 11) is 1.93. The van der Waals surface area contributed by atoms with Gasteiger partial charge in [-0.1, -0.05) is 23.2 Å². The Morgan fingerprint density at radius 2 is 1.83 bits per heavy atom. The molecule has 0 bridgehead atoms. The van der Waals surface area contributed by atoms with Crippen LogP contribution in [0.4, 0.5) is 0 Å². The summed E-state index contributed by atoms with van der Waals surface area (Å²) in [6, 6.07) is 4.80. The highest BCUT2D eigenvalue weighted by molar-refractivity contribution is 14.0. The minimum absolute atomic E-state index is 0. The zero-order valence-electron chi connectivity index (χ0n) is 17.0. The molecule has 29 heavy (non-hydrogen) atoms. The van der Waals surface area contributed by atoms with Crippen LogP contribution in [0.25, 0.3) is 0 Å². The summed E-state index contributed by atoms with van der Waals surface area (Å²) in [6.45, 7) is 8.27. The summed E-state index contributed by atoms with van der Waals surface area (Å²) in [5.41, 5.74) is 3.67. The van der Waals surface area contributed by atoms with E-state index in [1.807, 2.05) is 32.5 Å². The van der Waals surface area contributed by atoms with Crippen LogP contribution in [0.5, 0.6) is 0 Å². The maximum absolute atomic E-state index is 12.2. The number of guanidine groups is 1. The SMILES string of the molecule is CCNC(=NCc1c(C)nn(C)c1C)NCCNC(=O)c1ccc(Cl)c(Cl)c1.I. The number of carbonyl (C=O) groups is 1. The number of aliphatic imine (C=N–C) groups is 1. The molecule has 0 aliphatic rings. The number of aryl methyl sites for hydroxylation is 2. The Labute approximate surface area is 198 Å². The van der Waals surface area contributed by atoms with Crippen molar-refractivity contribution in [3.05, 3.63) is 50.8 Å². The first-order valence-electron chi connectivity index (χ1n) is 9.08. The first-order chi connectivity index (χ1) is 13.3. The molecule has 0 spiro atoms. The van der Waals surface area contributed by atoms with Gasteiger partial charge in [-0.3, -0.25) is 9.48 Å². The van der Waals surface area contributed by atoms with Crippen LogP contribution in [0.2, 0.25) is 10.0 Å². The van der Waals surface area contributed by atoms with Crippen molar-refractivity contribution < 1.29 is 4.79 Å². The third-order valence-corrected chi connectivity index (χ3v) is 5.02. The summed E-state index contributed by atoms with van der Waals surface area (Å²) >= 11 is 11.8. The average molecular weight is 553 g/mol. The molecule has 1 heterocycles. The predicted molar refractivity (Wildman–Crippen MR) is 130 cm³/mol.